The topological polar surface area (TPSA) is 37.3 Å². The van der Waals surface area contributed by atoms with E-state index in [1.807, 2.05) is 32.0 Å². The summed E-state index contributed by atoms with van der Waals surface area (Å²) < 4.78 is 0. The highest BCUT2D eigenvalue weighted by Gasteiger charge is 2.13. The molecular formula is C11H14O2S. The molecule has 0 fully saturated rings. The maximum absolute atomic E-state index is 11.1. The van der Waals surface area contributed by atoms with Crippen LogP contribution in [0.2, 0.25) is 0 Å². The van der Waals surface area contributed by atoms with E-state index in [4.69, 9.17) is 5.11 Å². The molecule has 2 nitrogen and oxygen atoms in total. The van der Waals surface area contributed by atoms with Gasteiger partial charge in [-0.2, -0.15) is 0 Å². The number of carbonyl (C=O) groups is 1. The van der Waals surface area contributed by atoms with Crippen molar-refractivity contribution in [3.63, 3.8) is 0 Å². The Bertz CT molecular complexity index is 334. The average Bonchev–Trinajstić information content (AvgIpc) is 2.17. The molecule has 0 aliphatic carbocycles. The Morgan fingerprint density at radius 3 is 2.64 bits per heavy atom. The summed E-state index contributed by atoms with van der Waals surface area (Å²) in [6.07, 6.45) is 0.764. The fraction of sp³-hybridized carbons (Fsp3) is 0.364. The van der Waals surface area contributed by atoms with Gasteiger partial charge in [0.25, 0.3) is 0 Å². The SMILES string of the molecule is CCSc1cccc(CC)c1C(=O)O. The first-order chi connectivity index (χ1) is 6.70. The van der Waals surface area contributed by atoms with Crippen molar-refractivity contribution in [1.82, 2.24) is 0 Å². The number of hydrogen-bond donors (Lipinski definition) is 1. The predicted octanol–water partition coefficient (Wildman–Crippen LogP) is 3.06. The van der Waals surface area contributed by atoms with Crippen molar-refractivity contribution < 1.29 is 9.90 Å². The van der Waals surface area contributed by atoms with Crippen LogP contribution in [0.4, 0.5) is 0 Å². The Labute approximate surface area is 88.3 Å². The van der Waals surface area contributed by atoms with Gasteiger partial charge in [0, 0.05) is 4.90 Å². The largest absolute Gasteiger partial charge is 0.478 e. The second-order valence-corrected chi connectivity index (χ2v) is 4.19. The molecule has 0 spiro atoms. The highest BCUT2D eigenvalue weighted by Crippen LogP contribution is 2.25. The number of benzene rings is 1. The molecule has 14 heavy (non-hydrogen) atoms. The second kappa shape index (κ2) is 5.05. The quantitative estimate of drug-likeness (QED) is 0.776. The van der Waals surface area contributed by atoms with Crippen LogP contribution in [0.3, 0.4) is 0 Å². The third kappa shape index (κ3) is 2.29. The van der Waals surface area contributed by atoms with Gasteiger partial charge in [-0.05, 0) is 23.8 Å². The summed E-state index contributed by atoms with van der Waals surface area (Å²) in [6, 6.07) is 5.67. The van der Waals surface area contributed by atoms with Crippen LogP contribution in [0, 0.1) is 0 Å². The van der Waals surface area contributed by atoms with Crippen LogP contribution < -0.4 is 0 Å². The van der Waals surface area contributed by atoms with E-state index in [2.05, 4.69) is 0 Å². The normalized spacial score (nSPS) is 10.1. The van der Waals surface area contributed by atoms with Crippen LogP contribution in [-0.2, 0) is 6.42 Å². The Morgan fingerprint density at radius 2 is 2.14 bits per heavy atom. The first-order valence-electron chi connectivity index (χ1n) is 4.68. The fourth-order valence-corrected chi connectivity index (χ4v) is 2.24. The van der Waals surface area contributed by atoms with Gasteiger partial charge >= 0.3 is 5.97 Å². The van der Waals surface area contributed by atoms with Crippen LogP contribution in [0.1, 0.15) is 29.8 Å². The second-order valence-electron chi connectivity index (χ2n) is 2.88. The summed E-state index contributed by atoms with van der Waals surface area (Å²) in [4.78, 5) is 11.9. The van der Waals surface area contributed by atoms with E-state index >= 15 is 0 Å². The van der Waals surface area contributed by atoms with Gasteiger partial charge in [-0.3, -0.25) is 0 Å². The Hall–Kier alpha value is -0.960. The zero-order chi connectivity index (χ0) is 10.6. The van der Waals surface area contributed by atoms with Crippen molar-refractivity contribution >= 4 is 17.7 Å². The predicted molar refractivity (Wildman–Crippen MR) is 59.2 cm³/mol. The van der Waals surface area contributed by atoms with Gasteiger partial charge in [0.05, 0.1) is 5.56 Å². The lowest BCUT2D eigenvalue weighted by Crippen LogP contribution is -2.03. The van der Waals surface area contributed by atoms with Crippen molar-refractivity contribution in [3.05, 3.63) is 29.3 Å². The van der Waals surface area contributed by atoms with Crippen LogP contribution in [0.15, 0.2) is 23.1 Å². The highest BCUT2D eigenvalue weighted by molar-refractivity contribution is 7.99. The van der Waals surface area contributed by atoms with Gasteiger partial charge in [-0.15, -0.1) is 11.8 Å². The third-order valence-corrected chi connectivity index (χ3v) is 2.95. The van der Waals surface area contributed by atoms with E-state index in [9.17, 15) is 4.79 Å². The minimum absolute atomic E-state index is 0.474. The fourth-order valence-electron chi connectivity index (χ4n) is 1.39. The zero-order valence-electron chi connectivity index (χ0n) is 8.41. The molecule has 76 valence electrons. The maximum atomic E-state index is 11.1. The lowest BCUT2D eigenvalue weighted by Gasteiger charge is -2.08. The molecule has 0 saturated carbocycles. The van der Waals surface area contributed by atoms with Crippen LogP contribution >= 0.6 is 11.8 Å². The molecule has 1 aromatic rings. The molecule has 0 bridgehead atoms. The number of aromatic carboxylic acids is 1. The molecule has 1 N–H and O–H groups in total. The monoisotopic (exact) mass is 210 g/mol. The summed E-state index contributed by atoms with van der Waals surface area (Å²) >= 11 is 1.58. The Kier molecular flexibility index (Phi) is 4.01. The maximum Gasteiger partial charge on any atom is 0.337 e. The van der Waals surface area contributed by atoms with Gasteiger partial charge in [0.1, 0.15) is 0 Å². The minimum atomic E-state index is -0.821. The van der Waals surface area contributed by atoms with Crippen LogP contribution in [-0.4, -0.2) is 16.8 Å². The average molecular weight is 210 g/mol. The first kappa shape index (κ1) is 11.1. The molecule has 0 saturated heterocycles. The zero-order valence-corrected chi connectivity index (χ0v) is 9.23. The van der Waals surface area contributed by atoms with Crippen molar-refractivity contribution in [3.8, 4) is 0 Å². The molecule has 0 radical (unpaired) electrons. The van der Waals surface area contributed by atoms with E-state index in [1.54, 1.807) is 11.8 Å². The molecular weight excluding hydrogens is 196 g/mol. The standard InChI is InChI=1S/C11H14O2S/c1-3-8-6-5-7-9(14-4-2)10(8)11(12)13/h5-7H,3-4H2,1-2H3,(H,12,13). The van der Waals surface area contributed by atoms with Gasteiger partial charge < -0.3 is 5.11 Å². The van der Waals surface area contributed by atoms with Crippen molar-refractivity contribution in [1.29, 1.82) is 0 Å². The summed E-state index contributed by atoms with van der Waals surface area (Å²) in [5, 5.41) is 9.09. The Balaban J connectivity index is 3.20. The Morgan fingerprint density at radius 1 is 1.43 bits per heavy atom. The molecule has 0 aliphatic heterocycles. The highest BCUT2D eigenvalue weighted by atomic mass is 32.2. The third-order valence-electron chi connectivity index (χ3n) is 2.01. The number of hydrogen-bond acceptors (Lipinski definition) is 2. The molecule has 1 rings (SSSR count). The number of carboxylic acid groups (broad SMARTS) is 1. The van der Waals surface area contributed by atoms with Crippen molar-refractivity contribution in [2.75, 3.05) is 5.75 Å². The first-order valence-corrected chi connectivity index (χ1v) is 5.67. The summed E-state index contributed by atoms with van der Waals surface area (Å²) in [5.41, 5.74) is 1.39. The van der Waals surface area contributed by atoms with E-state index in [1.165, 1.54) is 0 Å². The van der Waals surface area contributed by atoms with E-state index in [-0.39, 0.29) is 0 Å². The molecule has 1 aromatic carbocycles. The molecule has 0 atom stereocenters. The van der Waals surface area contributed by atoms with Gasteiger partial charge in [0.2, 0.25) is 0 Å². The minimum Gasteiger partial charge on any atom is -0.478 e. The molecule has 0 heterocycles. The van der Waals surface area contributed by atoms with Gasteiger partial charge in [-0.25, -0.2) is 4.79 Å². The van der Waals surface area contributed by atoms with Gasteiger partial charge in [-0.1, -0.05) is 26.0 Å². The van der Waals surface area contributed by atoms with Crippen LogP contribution in [0.5, 0.6) is 0 Å². The molecule has 0 amide bonds. The number of carboxylic acids is 1. The molecule has 3 heteroatoms. The smallest absolute Gasteiger partial charge is 0.337 e. The van der Waals surface area contributed by atoms with E-state index < -0.39 is 5.97 Å². The number of aryl methyl sites for hydroxylation is 1. The molecule has 0 aromatic heterocycles. The number of thioether (sulfide) groups is 1. The van der Waals surface area contributed by atoms with E-state index in [0.717, 1.165) is 22.6 Å². The van der Waals surface area contributed by atoms with Crippen LogP contribution in [0.25, 0.3) is 0 Å². The number of rotatable bonds is 4. The summed E-state index contributed by atoms with van der Waals surface area (Å²) in [6.45, 7) is 4.00. The lowest BCUT2D eigenvalue weighted by molar-refractivity contribution is 0.0692. The summed E-state index contributed by atoms with van der Waals surface area (Å²) in [7, 11) is 0. The summed E-state index contributed by atoms with van der Waals surface area (Å²) in [5.74, 6) is 0.0754. The van der Waals surface area contributed by atoms with Crippen molar-refractivity contribution in [2.24, 2.45) is 0 Å². The lowest BCUT2D eigenvalue weighted by atomic mass is 10.1. The van der Waals surface area contributed by atoms with Gasteiger partial charge in [0.15, 0.2) is 0 Å². The molecule has 0 aliphatic rings. The van der Waals surface area contributed by atoms with Crippen molar-refractivity contribution in [2.45, 2.75) is 25.2 Å². The van der Waals surface area contributed by atoms with E-state index in [0.29, 0.717) is 5.56 Å². The molecule has 0 unspecified atom stereocenters.